The van der Waals surface area contributed by atoms with Gasteiger partial charge in [-0.3, -0.25) is 4.68 Å². The number of aryl methyl sites for hydroxylation is 1. The highest BCUT2D eigenvalue weighted by Gasteiger charge is 2.09. The standard InChI is InChI=1S/C10H9F2N3/c1-15-10(13)9(5-14-15)6-2-7(11)4-8(12)3-6/h2-5H,13H2,1H3. The van der Waals surface area contributed by atoms with Gasteiger partial charge in [-0.25, -0.2) is 8.78 Å². The first-order valence-corrected chi connectivity index (χ1v) is 4.32. The van der Waals surface area contributed by atoms with Crippen LogP contribution in [-0.4, -0.2) is 9.78 Å². The quantitative estimate of drug-likeness (QED) is 0.780. The van der Waals surface area contributed by atoms with Gasteiger partial charge in [0.15, 0.2) is 0 Å². The van der Waals surface area contributed by atoms with Crippen LogP contribution in [0.4, 0.5) is 14.6 Å². The number of nitrogens with zero attached hydrogens (tertiary/aromatic N) is 2. The Labute approximate surface area is 85.1 Å². The second-order valence-electron chi connectivity index (χ2n) is 3.23. The average molecular weight is 209 g/mol. The monoisotopic (exact) mass is 209 g/mol. The molecule has 15 heavy (non-hydrogen) atoms. The van der Waals surface area contributed by atoms with Gasteiger partial charge in [-0.1, -0.05) is 0 Å². The molecule has 3 nitrogen and oxygen atoms in total. The second-order valence-corrected chi connectivity index (χ2v) is 3.23. The third kappa shape index (κ3) is 1.68. The van der Waals surface area contributed by atoms with Crippen molar-refractivity contribution in [1.29, 1.82) is 0 Å². The van der Waals surface area contributed by atoms with Gasteiger partial charge in [-0.2, -0.15) is 5.10 Å². The molecule has 0 spiro atoms. The number of hydrogen-bond donors (Lipinski definition) is 1. The van der Waals surface area contributed by atoms with Crippen molar-refractivity contribution < 1.29 is 8.78 Å². The molecule has 1 aromatic carbocycles. The summed E-state index contributed by atoms with van der Waals surface area (Å²) in [7, 11) is 1.66. The Hall–Kier alpha value is -1.91. The first-order valence-electron chi connectivity index (χ1n) is 4.32. The van der Waals surface area contributed by atoms with E-state index in [1.54, 1.807) is 7.05 Å². The molecule has 5 heteroatoms. The van der Waals surface area contributed by atoms with Crippen LogP contribution in [0.25, 0.3) is 11.1 Å². The number of halogens is 2. The third-order valence-electron chi connectivity index (χ3n) is 2.16. The molecule has 0 radical (unpaired) electrons. The van der Waals surface area contributed by atoms with Crippen LogP contribution in [-0.2, 0) is 7.05 Å². The fraction of sp³-hybridized carbons (Fsp3) is 0.100. The summed E-state index contributed by atoms with van der Waals surface area (Å²) in [5.41, 5.74) is 6.60. The number of benzene rings is 1. The largest absolute Gasteiger partial charge is 0.383 e. The number of hydrogen-bond acceptors (Lipinski definition) is 2. The van der Waals surface area contributed by atoms with Crippen molar-refractivity contribution in [3.05, 3.63) is 36.0 Å². The van der Waals surface area contributed by atoms with Crippen LogP contribution < -0.4 is 5.73 Å². The minimum Gasteiger partial charge on any atom is -0.383 e. The molecule has 78 valence electrons. The Balaban J connectivity index is 2.58. The van der Waals surface area contributed by atoms with Crippen molar-refractivity contribution in [1.82, 2.24) is 9.78 Å². The van der Waals surface area contributed by atoms with Crippen LogP contribution in [0.1, 0.15) is 0 Å². The topological polar surface area (TPSA) is 43.8 Å². The van der Waals surface area contributed by atoms with Gasteiger partial charge in [0, 0.05) is 18.7 Å². The van der Waals surface area contributed by atoms with Gasteiger partial charge in [0.1, 0.15) is 17.5 Å². The molecule has 2 aromatic rings. The smallest absolute Gasteiger partial charge is 0.129 e. The summed E-state index contributed by atoms with van der Waals surface area (Å²) >= 11 is 0. The summed E-state index contributed by atoms with van der Waals surface area (Å²) in [6, 6.07) is 3.25. The predicted octanol–water partition coefficient (Wildman–Crippen LogP) is 1.95. The van der Waals surface area contributed by atoms with Crippen molar-refractivity contribution in [3.63, 3.8) is 0 Å². The fourth-order valence-electron chi connectivity index (χ4n) is 1.38. The summed E-state index contributed by atoms with van der Waals surface area (Å²) in [5.74, 6) is -0.887. The van der Waals surface area contributed by atoms with Crippen molar-refractivity contribution in [2.75, 3.05) is 5.73 Å². The van der Waals surface area contributed by atoms with Gasteiger partial charge >= 0.3 is 0 Å². The lowest BCUT2D eigenvalue weighted by atomic mass is 10.1. The molecule has 0 aliphatic heterocycles. The maximum absolute atomic E-state index is 12.9. The third-order valence-corrected chi connectivity index (χ3v) is 2.16. The lowest BCUT2D eigenvalue weighted by Crippen LogP contribution is -1.98. The molecule has 1 heterocycles. The molecular formula is C10H9F2N3. The minimum atomic E-state index is -0.631. The summed E-state index contributed by atoms with van der Waals surface area (Å²) in [5, 5.41) is 3.90. The molecule has 0 aliphatic carbocycles. The molecule has 2 rings (SSSR count). The normalized spacial score (nSPS) is 10.6. The second kappa shape index (κ2) is 3.34. The van der Waals surface area contributed by atoms with E-state index in [1.165, 1.54) is 23.0 Å². The zero-order valence-corrected chi connectivity index (χ0v) is 8.04. The van der Waals surface area contributed by atoms with Gasteiger partial charge in [-0.05, 0) is 17.7 Å². The Kier molecular flexibility index (Phi) is 2.15. The number of nitrogens with two attached hydrogens (primary N) is 1. The molecule has 0 fully saturated rings. The van der Waals surface area contributed by atoms with Crippen LogP contribution in [0.2, 0.25) is 0 Å². The summed E-state index contributed by atoms with van der Waals surface area (Å²) in [6.07, 6.45) is 1.48. The highest BCUT2D eigenvalue weighted by Crippen LogP contribution is 2.26. The average Bonchev–Trinajstić information content (AvgIpc) is 2.46. The van der Waals surface area contributed by atoms with Crippen molar-refractivity contribution in [2.45, 2.75) is 0 Å². The van der Waals surface area contributed by atoms with E-state index in [9.17, 15) is 8.78 Å². The Morgan fingerprint density at radius 1 is 1.20 bits per heavy atom. The summed E-state index contributed by atoms with van der Waals surface area (Å²) in [4.78, 5) is 0. The lowest BCUT2D eigenvalue weighted by Gasteiger charge is -2.01. The van der Waals surface area contributed by atoms with Gasteiger partial charge in [0.05, 0.1) is 6.20 Å². The van der Waals surface area contributed by atoms with E-state index in [2.05, 4.69) is 5.10 Å². The number of anilines is 1. The van der Waals surface area contributed by atoms with Crippen LogP contribution in [0.3, 0.4) is 0 Å². The van der Waals surface area contributed by atoms with E-state index in [0.717, 1.165) is 6.07 Å². The molecule has 0 unspecified atom stereocenters. The maximum Gasteiger partial charge on any atom is 0.129 e. The van der Waals surface area contributed by atoms with E-state index < -0.39 is 11.6 Å². The van der Waals surface area contributed by atoms with E-state index in [4.69, 9.17) is 5.73 Å². The number of aromatic nitrogens is 2. The van der Waals surface area contributed by atoms with Gasteiger partial charge < -0.3 is 5.73 Å². The summed E-state index contributed by atoms with van der Waals surface area (Å²) in [6.45, 7) is 0. The first kappa shape index (κ1) is 9.64. The predicted molar refractivity (Wildman–Crippen MR) is 53.0 cm³/mol. The number of rotatable bonds is 1. The molecule has 0 saturated heterocycles. The molecule has 0 bridgehead atoms. The first-order chi connectivity index (χ1) is 7.08. The highest BCUT2D eigenvalue weighted by molar-refractivity contribution is 5.73. The Morgan fingerprint density at radius 3 is 2.27 bits per heavy atom. The van der Waals surface area contributed by atoms with E-state index >= 15 is 0 Å². The summed E-state index contributed by atoms with van der Waals surface area (Å²) < 4.78 is 27.3. The molecule has 1 aromatic heterocycles. The zero-order chi connectivity index (χ0) is 11.0. The van der Waals surface area contributed by atoms with Crippen LogP contribution in [0, 0.1) is 11.6 Å². The zero-order valence-electron chi connectivity index (χ0n) is 8.04. The van der Waals surface area contributed by atoms with E-state index in [1.807, 2.05) is 0 Å². The molecule has 0 aliphatic rings. The van der Waals surface area contributed by atoms with Crippen LogP contribution in [0.15, 0.2) is 24.4 Å². The van der Waals surface area contributed by atoms with E-state index in [-0.39, 0.29) is 0 Å². The lowest BCUT2D eigenvalue weighted by molar-refractivity contribution is 0.584. The SMILES string of the molecule is Cn1ncc(-c2cc(F)cc(F)c2)c1N. The maximum atomic E-state index is 12.9. The van der Waals surface area contributed by atoms with Crippen LogP contribution >= 0.6 is 0 Å². The Bertz CT molecular complexity index is 485. The van der Waals surface area contributed by atoms with Crippen molar-refractivity contribution in [2.24, 2.45) is 7.05 Å². The molecule has 0 saturated carbocycles. The van der Waals surface area contributed by atoms with Crippen LogP contribution in [0.5, 0.6) is 0 Å². The number of nitrogen functional groups attached to an aromatic ring is 1. The molecular weight excluding hydrogens is 200 g/mol. The molecule has 0 amide bonds. The fourth-order valence-corrected chi connectivity index (χ4v) is 1.38. The molecule has 0 atom stereocenters. The van der Waals surface area contributed by atoms with Crippen molar-refractivity contribution >= 4 is 5.82 Å². The van der Waals surface area contributed by atoms with Gasteiger partial charge in [-0.15, -0.1) is 0 Å². The molecule has 2 N–H and O–H groups in total. The van der Waals surface area contributed by atoms with Gasteiger partial charge in [0.25, 0.3) is 0 Å². The highest BCUT2D eigenvalue weighted by atomic mass is 19.1. The van der Waals surface area contributed by atoms with E-state index in [0.29, 0.717) is 16.9 Å². The Morgan fingerprint density at radius 2 is 1.80 bits per heavy atom. The minimum absolute atomic E-state index is 0.375. The van der Waals surface area contributed by atoms with Gasteiger partial charge in [0.2, 0.25) is 0 Å². The van der Waals surface area contributed by atoms with Crippen molar-refractivity contribution in [3.8, 4) is 11.1 Å².